The quantitative estimate of drug-likeness (QED) is 0.743. The fraction of sp³-hybridized carbons (Fsp3) is 0.917. The topological polar surface area (TPSA) is 32.8 Å². The minimum atomic E-state index is -5.24. The Balaban J connectivity index is 3.22. The van der Waals surface area contributed by atoms with Crippen molar-refractivity contribution in [2.45, 2.75) is 45.5 Å². The van der Waals surface area contributed by atoms with Gasteiger partial charge in [-0.05, 0) is 27.7 Å². The Hall–Kier alpha value is -0.980. The van der Waals surface area contributed by atoms with Crippen molar-refractivity contribution in [3.63, 3.8) is 0 Å². The zero-order valence-electron chi connectivity index (χ0n) is 17.1. The zero-order chi connectivity index (χ0) is 20.2. The predicted molar refractivity (Wildman–Crippen MR) is 64.9 cm³/mol. The lowest BCUT2D eigenvalue weighted by molar-refractivity contribution is -0.200. The Labute approximate surface area is 119 Å². The summed E-state index contributed by atoms with van der Waals surface area (Å²) < 4.78 is 89.1. The van der Waals surface area contributed by atoms with Gasteiger partial charge in [0.25, 0.3) is 0 Å². The van der Waals surface area contributed by atoms with E-state index in [9.17, 15) is 18.0 Å². The maximum absolute atomic E-state index is 12.7. The van der Waals surface area contributed by atoms with Crippen LogP contribution in [0.1, 0.15) is 35.9 Å². The van der Waals surface area contributed by atoms with Crippen molar-refractivity contribution in [1.82, 2.24) is 9.80 Å². The smallest absolute Gasteiger partial charge is 0.425 e. The highest BCUT2D eigenvalue weighted by atomic mass is 19.4. The molecule has 0 saturated carbocycles. The Morgan fingerprint density at radius 2 is 1.89 bits per heavy atom. The van der Waals surface area contributed by atoms with E-state index in [0.29, 0.717) is 0 Å². The van der Waals surface area contributed by atoms with Gasteiger partial charge in [-0.3, -0.25) is 4.90 Å². The summed E-state index contributed by atoms with van der Waals surface area (Å²) in [4.78, 5) is 13.1. The Bertz CT molecular complexity index is 526. The monoisotopic (exact) mass is 288 g/mol. The first-order valence-electron chi connectivity index (χ1n) is 8.73. The van der Waals surface area contributed by atoms with Crippen LogP contribution in [0.15, 0.2) is 0 Å². The second kappa shape index (κ2) is 5.56. The van der Waals surface area contributed by atoms with Gasteiger partial charge in [0, 0.05) is 34.3 Å². The summed E-state index contributed by atoms with van der Waals surface area (Å²) in [6.45, 7) is -3.29. The molecule has 4 unspecified atom stereocenters. The number of hydrogen-bond acceptors (Lipinski definition) is 3. The van der Waals surface area contributed by atoms with Gasteiger partial charge in [0.2, 0.25) is 0 Å². The molecule has 1 amide bonds. The van der Waals surface area contributed by atoms with E-state index in [-0.39, 0.29) is 11.8 Å². The second-order valence-corrected chi connectivity index (χ2v) is 4.93. The first-order valence-corrected chi connectivity index (χ1v) is 5.50. The average Bonchev–Trinajstić information content (AvgIpc) is 2.32. The molecule has 112 valence electrons. The van der Waals surface area contributed by atoms with E-state index in [1.54, 1.807) is 20.8 Å². The van der Waals surface area contributed by atoms with Crippen LogP contribution in [0.4, 0.5) is 18.0 Å². The number of hydrogen-bond donors (Lipinski definition) is 0. The summed E-state index contributed by atoms with van der Waals surface area (Å²) in [5, 5.41) is 0. The minimum Gasteiger partial charge on any atom is -0.437 e. The van der Waals surface area contributed by atoms with Gasteiger partial charge >= 0.3 is 12.3 Å². The summed E-state index contributed by atoms with van der Waals surface area (Å²) >= 11 is 0. The van der Waals surface area contributed by atoms with Crippen LogP contribution >= 0.6 is 0 Å². The van der Waals surface area contributed by atoms with Gasteiger partial charge < -0.3 is 9.64 Å². The van der Waals surface area contributed by atoms with Crippen molar-refractivity contribution in [2.75, 3.05) is 26.1 Å². The highest BCUT2D eigenvalue weighted by molar-refractivity contribution is 5.68. The summed E-state index contributed by atoms with van der Waals surface area (Å²) in [7, 11) is 0. The fourth-order valence-corrected chi connectivity index (χ4v) is 1.12. The van der Waals surface area contributed by atoms with Crippen molar-refractivity contribution in [3.8, 4) is 0 Å². The number of ether oxygens (including phenoxy) is 1. The van der Waals surface area contributed by atoms with Gasteiger partial charge in [-0.25, -0.2) is 4.79 Å². The normalized spacial score (nSPS) is 40.8. The molecule has 1 saturated heterocycles. The number of carbonyl (C=O) groups excluding carboxylic acids is 1. The third kappa shape index (κ3) is 4.56. The number of nitrogens with zero attached hydrogens (tertiary/aromatic N) is 2. The van der Waals surface area contributed by atoms with Crippen molar-refractivity contribution >= 4 is 6.09 Å². The molecule has 0 bridgehead atoms. The standard InChI is InChI=1S/C12H21F3N2O2/c1-9(12(13,14)15)19-10(18)16-5-7-17(8-6-16)11(2,3)4/h9H,5-8H2,1-4H3/i5D,6D2,7D,8D,9D. The van der Waals surface area contributed by atoms with Gasteiger partial charge in [0.15, 0.2) is 6.08 Å². The zero-order valence-corrected chi connectivity index (χ0v) is 11.1. The molecule has 1 fully saturated rings. The van der Waals surface area contributed by atoms with Crippen molar-refractivity contribution in [2.24, 2.45) is 0 Å². The molecule has 1 rings (SSSR count). The minimum absolute atomic E-state index is 0.0247. The highest BCUT2D eigenvalue weighted by Gasteiger charge is 2.40. The second-order valence-electron chi connectivity index (χ2n) is 4.93. The van der Waals surface area contributed by atoms with Crippen LogP contribution < -0.4 is 0 Å². The van der Waals surface area contributed by atoms with Crippen LogP contribution in [0.3, 0.4) is 0 Å². The maximum Gasteiger partial charge on any atom is 0.425 e. The van der Waals surface area contributed by atoms with E-state index in [1.165, 1.54) is 0 Å². The van der Waals surface area contributed by atoms with E-state index in [0.717, 1.165) is 4.90 Å². The van der Waals surface area contributed by atoms with Crippen LogP contribution in [-0.2, 0) is 4.74 Å². The molecule has 1 aliphatic heterocycles. The van der Waals surface area contributed by atoms with Crippen LogP contribution in [-0.4, -0.2) is 59.7 Å². The van der Waals surface area contributed by atoms with Gasteiger partial charge in [0.1, 0.15) is 0 Å². The number of rotatable bonds is 1. The van der Waals surface area contributed by atoms with Crippen LogP contribution in [0.2, 0.25) is 0 Å². The molecule has 1 aliphatic rings. The molecule has 0 N–H and O–H groups in total. The van der Waals surface area contributed by atoms with Crippen molar-refractivity contribution in [1.29, 1.82) is 0 Å². The number of amides is 1. The largest absolute Gasteiger partial charge is 0.437 e. The molecule has 0 aromatic heterocycles. The number of alkyl halides is 3. The molecule has 4 atom stereocenters. The molecule has 1 heterocycles. The lowest BCUT2D eigenvalue weighted by atomic mass is 10.1. The third-order valence-electron chi connectivity index (χ3n) is 2.32. The van der Waals surface area contributed by atoms with E-state index in [2.05, 4.69) is 4.74 Å². The van der Waals surface area contributed by atoms with E-state index in [4.69, 9.17) is 8.22 Å². The first kappa shape index (κ1) is 9.05. The van der Waals surface area contributed by atoms with Gasteiger partial charge in [0.05, 0.1) is 5.48 Å². The van der Waals surface area contributed by atoms with E-state index in [1.807, 2.05) is 0 Å². The number of halogens is 3. The highest BCUT2D eigenvalue weighted by Crippen LogP contribution is 2.23. The summed E-state index contributed by atoms with van der Waals surface area (Å²) in [5.41, 5.74) is -0.905. The molecule has 7 heteroatoms. The summed E-state index contributed by atoms with van der Waals surface area (Å²) in [6.07, 6.45) is -10.8. The van der Waals surface area contributed by atoms with Crippen LogP contribution in [0.5, 0.6) is 0 Å². The number of carbonyl (C=O) groups is 1. The molecule has 0 aromatic rings. The lowest BCUT2D eigenvalue weighted by Gasteiger charge is -2.42. The third-order valence-corrected chi connectivity index (χ3v) is 2.32. The molecule has 0 aliphatic carbocycles. The predicted octanol–water partition coefficient (Wildman–Crippen LogP) is 2.49. The SMILES string of the molecule is [2H]C1C([2H])N(C(=O)OC([2H])(C)C(F)(F)F)C([2H])([2H])C([2H])N1C(C)(C)C. The molecule has 19 heavy (non-hydrogen) atoms. The van der Waals surface area contributed by atoms with Crippen molar-refractivity contribution < 1.29 is 30.9 Å². The lowest BCUT2D eigenvalue weighted by Crippen LogP contribution is -2.55. The Morgan fingerprint density at radius 3 is 2.37 bits per heavy atom. The molecule has 0 radical (unpaired) electrons. The van der Waals surface area contributed by atoms with Crippen molar-refractivity contribution in [3.05, 3.63) is 0 Å². The fourth-order valence-electron chi connectivity index (χ4n) is 1.12. The average molecular weight is 288 g/mol. The number of piperazine rings is 1. The van der Waals surface area contributed by atoms with Gasteiger partial charge in [-0.2, -0.15) is 13.2 Å². The summed E-state index contributed by atoms with van der Waals surface area (Å²) in [6, 6.07) is 0. The maximum atomic E-state index is 12.7. The Kier molecular flexibility index (Phi) is 2.65. The van der Waals surface area contributed by atoms with Crippen LogP contribution in [0.25, 0.3) is 0 Å². The van der Waals surface area contributed by atoms with E-state index >= 15 is 0 Å². The van der Waals surface area contributed by atoms with Gasteiger partial charge in [-0.1, -0.05) is 0 Å². The van der Waals surface area contributed by atoms with E-state index < -0.39 is 49.9 Å². The van der Waals surface area contributed by atoms with Crippen LogP contribution in [0, 0.1) is 0 Å². The first-order chi connectivity index (χ1) is 10.9. The van der Waals surface area contributed by atoms with Gasteiger partial charge in [-0.15, -0.1) is 0 Å². The molecular weight excluding hydrogens is 261 g/mol. The molecule has 4 nitrogen and oxygen atoms in total. The molecular formula is C12H21F3N2O2. The Morgan fingerprint density at radius 1 is 1.32 bits per heavy atom. The molecule has 0 aromatic carbocycles. The summed E-state index contributed by atoms with van der Waals surface area (Å²) in [5.74, 6) is 0. The molecule has 0 spiro atoms.